The molecule has 15 heavy (non-hydrogen) atoms. The van der Waals surface area contributed by atoms with Crippen molar-refractivity contribution < 1.29 is 9.59 Å². The van der Waals surface area contributed by atoms with Gasteiger partial charge in [-0.05, 0) is 25.7 Å². The first-order chi connectivity index (χ1) is 7.13. The molecular formula is C13H20O2. The number of ketones is 1. The van der Waals surface area contributed by atoms with Crippen LogP contribution in [0.4, 0.5) is 0 Å². The Hall–Kier alpha value is -0.920. The van der Waals surface area contributed by atoms with Crippen molar-refractivity contribution in [3.05, 3.63) is 11.6 Å². The molecule has 1 rings (SSSR count). The molecule has 0 N–H and O–H groups in total. The van der Waals surface area contributed by atoms with Gasteiger partial charge < -0.3 is 4.79 Å². The summed E-state index contributed by atoms with van der Waals surface area (Å²) in [4.78, 5) is 22.1. The van der Waals surface area contributed by atoms with E-state index < -0.39 is 0 Å². The number of aldehydes is 1. The first-order valence-electron chi connectivity index (χ1n) is 5.79. The van der Waals surface area contributed by atoms with Gasteiger partial charge in [0.05, 0.1) is 0 Å². The van der Waals surface area contributed by atoms with Crippen molar-refractivity contribution in [3.63, 3.8) is 0 Å². The van der Waals surface area contributed by atoms with E-state index in [0.29, 0.717) is 12.2 Å². The van der Waals surface area contributed by atoms with Crippen LogP contribution < -0.4 is 0 Å². The van der Waals surface area contributed by atoms with Crippen molar-refractivity contribution in [3.8, 4) is 0 Å². The predicted molar refractivity (Wildman–Crippen MR) is 60.6 cm³/mol. The molecule has 1 aliphatic carbocycles. The van der Waals surface area contributed by atoms with E-state index >= 15 is 0 Å². The summed E-state index contributed by atoms with van der Waals surface area (Å²) in [5, 5.41) is 0. The highest BCUT2D eigenvalue weighted by atomic mass is 16.1. The fourth-order valence-electron chi connectivity index (χ4n) is 1.92. The predicted octanol–water partition coefficient (Wildman–Crippen LogP) is 2.92. The summed E-state index contributed by atoms with van der Waals surface area (Å²) in [6.07, 6.45) is 7.58. The van der Waals surface area contributed by atoms with E-state index in [4.69, 9.17) is 0 Å². The number of hydrogen-bond donors (Lipinski definition) is 0. The highest BCUT2D eigenvalue weighted by Gasteiger charge is 2.15. The van der Waals surface area contributed by atoms with Crippen LogP contribution in [0, 0.1) is 11.8 Å². The first kappa shape index (κ1) is 12.2. The highest BCUT2D eigenvalue weighted by Crippen LogP contribution is 2.25. The number of Topliss-reactive ketones (excluding diaryl/α,β-unsaturated/α-hetero) is 1. The minimum atomic E-state index is 0.135. The third-order valence-electron chi connectivity index (χ3n) is 3.02. The lowest BCUT2D eigenvalue weighted by Crippen LogP contribution is -2.11. The van der Waals surface area contributed by atoms with Gasteiger partial charge in [-0.3, -0.25) is 4.79 Å². The molecule has 0 aromatic rings. The van der Waals surface area contributed by atoms with Crippen molar-refractivity contribution >= 4 is 12.1 Å². The SMILES string of the molecule is CC(C)C(=O)CCC1=CCCC(C=O)C1. The molecule has 0 aromatic carbocycles. The summed E-state index contributed by atoms with van der Waals surface area (Å²) in [7, 11) is 0. The number of allylic oxidation sites excluding steroid dienone is 2. The summed E-state index contributed by atoms with van der Waals surface area (Å²) in [6.45, 7) is 3.87. The van der Waals surface area contributed by atoms with E-state index in [-0.39, 0.29) is 11.8 Å². The fraction of sp³-hybridized carbons (Fsp3) is 0.692. The number of hydrogen-bond acceptors (Lipinski definition) is 2. The molecule has 84 valence electrons. The van der Waals surface area contributed by atoms with Crippen LogP contribution in [0.2, 0.25) is 0 Å². The molecule has 0 aromatic heterocycles. The third-order valence-corrected chi connectivity index (χ3v) is 3.02. The van der Waals surface area contributed by atoms with Crippen LogP contribution in [-0.4, -0.2) is 12.1 Å². The van der Waals surface area contributed by atoms with Gasteiger partial charge in [-0.1, -0.05) is 25.5 Å². The number of carbonyl (C=O) groups excluding carboxylic acids is 2. The summed E-state index contributed by atoms with van der Waals surface area (Å²) in [5.74, 6) is 0.652. The second-order valence-electron chi connectivity index (χ2n) is 4.66. The second-order valence-corrected chi connectivity index (χ2v) is 4.66. The molecule has 2 heteroatoms. The summed E-state index contributed by atoms with van der Waals surface area (Å²) >= 11 is 0. The van der Waals surface area contributed by atoms with Crippen LogP contribution in [0.15, 0.2) is 11.6 Å². The fourth-order valence-corrected chi connectivity index (χ4v) is 1.92. The Morgan fingerprint density at radius 2 is 2.33 bits per heavy atom. The van der Waals surface area contributed by atoms with E-state index in [1.165, 1.54) is 5.57 Å². The van der Waals surface area contributed by atoms with Gasteiger partial charge >= 0.3 is 0 Å². The van der Waals surface area contributed by atoms with Gasteiger partial charge in [0.2, 0.25) is 0 Å². The topological polar surface area (TPSA) is 34.1 Å². The summed E-state index contributed by atoms with van der Waals surface area (Å²) < 4.78 is 0. The average Bonchev–Trinajstić information content (AvgIpc) is 2.26. The van der Waals surface area contributed by atoms with Crippen LogP contribution in [0.25, 0.3) is 0 Å². The van der Waals surface area contributed by atoms with Gasteiger partial charge in [0.1, 0.15) is 12.1 Å². The van der Waals surface area contributed by atoms with Gasteiger partial charge in [-0.15, -0.1) is 0 Å². The minimum absolute atomic E-state index is 0.135. The number of carbonyl (C=O) groups is 2. The maximum atomic E-state index is 11.4. The van der Waals surface area contributed by atoms with Crippen molar-refractivity contribution in [2.24, 2.45) is 11.8 Å². The molecule has 0 saturated heterocycles. The van der Waals surface area contributed by atoms with Crippen LogP contribution in [0.1, 0.15) is 46.0 Å². The molecule has 0 amide bonds. The zero-order valence-electron chi connectivity index (χ0n) is 9.66. The smallest absolute Gasteiger partial charge is 0.135 e. The lowest BCUT2D eigenvalue weighted by atomic mass is 9.87. The Balaban J connectivity index is 2.36. The molecule has 0 aliphatic heterocycles. The van der Waals surface area contributed by atoms with Crippen LogP contribution in [0.5, 0.6) is 0 Å². The molecular weight excluding hydrogens is 188 g/mol. The van der Waals surface area contributed by atoms with Crippen LogP contribution in [0.3, 0.4) is 0 Å². The van der Waals surface area contributed by atoms with Crippen LogP contribution in [-0.2, 0) is 9.59 Å². The Bertz CT molecular complexity index is 264. The average molecular weight is 208 g/mol. The molecule has 0 radical (unpaired) electrons. The van der Waals surface area contributed by atoms with E-state index in [1.54, 1.807) is 0 Å². The largest absolute Gasteiger partial charge is 0.303 e. The van der Waals surface area contributed by atoms with Crippen molar-refractivity contribution in [2.45, 2.75) is 46.0 Å². The Labute approximate surface area is 91.7 Å². The Kier molecular flexibility index (Phi) is 4.73. The zero-order valence-corrected chi connectivity index (χ0v) is 9.66. The zero-order chi connectivity index (χ0) is 11.3. The molecule has 0 fully saturated rings. The molecule has 0 bridgehead atoms. The van der Waals surface area contributed by atoms with Crippen molar-refractivity contribution in [1.29, 1.82) is 0 Å². The molecule has 1 aliphatic rings. The maximum absolute atomic E-state index is 11.4. The molecule has 1 unspecified atom stereocenters. The van der Waals surface area contributed by atoms with E-state index in [2.05, 4.69) is 6.08 Å². The van der Waals surface area contributed by atoms with Gasteiger partial charge in [0.15, 0.2) is 0 Å². The van der Waals surface area contributed by atoms with Crippen molar-refractivity contribution in [2.75, 3.05) is 0 Å². The van der Waals surface area contributed by atoms with E-state index in [1.807, 2.05) is 13.8 Å². The normalized spacial score (nSPS) is 21.3. The van der Waals surface area contributed by atoms with E-state index in [0.717, 1.165) is 32.0 Å². The van der Waals surface area contributed by atoms with Gasteiger partial charge in [0, 0.05) is 18.3 Å². The quantitative estimate of drug-likeness (QED) is 0.514. The molecule has 0 spiro atoms. The van der Waals surface area contributed by atoms with Gasteiger partial charge in [0.25, 0.3) is 0 Å². The lowest BCUT2D eigenvalue weighted by molar-refractivity contribution is -0.121. The molecule has 0 heterocycles. The monoisotopic (exact) mass is 208 g/mol. The lowest BCUT2D eigenvalue weighted by Gasteiger charge is -2.18. The summed E-state index contributed by atoms with van der Waals surface area (Å²) in [5.41, 5.74) is 1.30. The molecule has 2 nitrogen and oxygen atoms in total. The van der Waals surface area contributed by atoms with Crippen molar-refractivity contribution in [1.82, 2.24) is 0 Å². The minimum Gasteiger partial charge on any atom is -0.303 e. The first-order valence-corrected chi connectivity index (χ1v) is 5.79. The highest BCUT2D eigenvalue weighted by molar-refractivity contribution is 5.80. The number of rotatable bonds is 5. The van der Waals surface area contributed by atoms with Crippen LogP contribution >= 0.6 is 0 Å². The van der Waals surface area contributed by atoms with Gasteiger partial charge in [-0.25, -0.2) is 0 Å². The standard InChI is InChI=1S/C13H20O2/c1-10(2)13(15)7-6-11-4-3-5-12(8-11)9-14/h4,9-10,12H,3,5-8H2,1-2H3. The van der Waals surface area contributed by atoms with E-state index in [9.17, 15) is 9.59 Å². The Morgan fingerprint density at radius 3 is 2.93 bits per heavy atom. The molecule has 1 atom stereocenters. The Morgan fingerprint density at radius 1 is 1.60 bits per heavy atom. The second kappa shape index (κ2) is 5.84. The summed E-state index contributed by atoms with van der Waals surface area (Å²) in [6, 6.07) is 0. The molecule has 0 saturated carbocycles. The van der Waals surface area contributed by atoms with Gasteiger partial charge in [-0.2, -0.15) is 0 Å². The third kappa shape index (κ3) is 3.98. The maximum Gasteiger partial charge on any atom is 0.135 e.